The fraction of sp³-hybridized carbons (Fsp3) is 0.250. The third kappa shape index (κ3) is 261. The zero-order valence-corrected chi connectivity index (χ0v) is 64.2. The number of carboxylic acid groups (broad SMARTS) is 12. The van der Waals surface area contributed by atoms with Gasteiger partial charge in [-0.1, -0.05) is 78.9 Å². The third-order valence-electron chi connectivity index (χ3n) is 4.48. The molecule has 0 aliphatic carbocycles. The Kier molecular flexibility index (Phi) is 179. The van der Waals surface area contributed by atoms with Gasteiger partial charge in [-0.3, -0.25) is 0 Å². The first-order valence-electron chi connectivity index (χ1n) is 19.7. The van der Waals surface area contributed by atoms with Gasteiger partial charge in [-0.25, -0.2) is 28.8 Å². The first kappa shape index (κ1) is 139. The first-order valence-corrected chi connectivity index (χ1v) is 25.7. The molecule has 0 heterocycles. The van der Waals surface area contributed by atoms with E-state index in [9.17, 15) is 28.8 Å². The molecule has 0 rings (SSSR count). The van der Waals surface area contributed by atoms with Gasteiger partial charge in [0, 0.05) is 33.4 Å². The molecule has 0 radical (unpaired) electrons. The van der Waals surface area contributed by atoms with Crippen LogP contribution in [0.15, 0.2) is 146 Å². The van der Waals surface area contributed by atoms with E-state index >= 15 is 0 Å². The first-order chi connectivity index (χ1) is 37.7. The summed E-state index contributed by atoms with van der Waals surface area (Å²) in [6, 6.07) is 0. The summed E-state index contributed by atoms with van der Waals surface area (Å²) in [7, 11) is 0. The summed E-state index contributed by atoms with van der Waals surface area (Å²) < 4.78 is 50.0. The number of carbonyl (C=O) groups is 6. The quantitative estimate of drug-likeness (QED) is 0.0877. The summed E-state index contributed by atoms with van der Waals surface area (Å²) in [5.41, 5.74) is 2.78. The van der Waals surface area contributed by atoms with Gasteiger partial charge in [0.05, 0.1) is 33.4 Å². The molecular formula is C48H82O32Zr6+6. The SMILES string of the molecule is C=C(C)C(=O)O.C=C(C)C(=O)O.C=C(C)C(=O)O.C=C(C)C(=O)O.C=C(C)C(=O)O.C=C(C)C(=O)O.C=C(C)C(O)=[OH+].C=C(C)C(O)=[OH+].C=C(C)C(O)=[OH+].C=C(C)C(O)=[OH+].C=C(C)C(O)=[OH+].C=C(C)C(O)=[OH+].O.O.[O]=[Zr].[O]=[Zr].[O]=[Zr].[O]=[Zr].[O]=[Zr].[O]=[Zr]. The van der Waals surface area contributed by atoms with E-state index in [4.69, 9.17) is 107 Å². The van der Waals surface area contributed by atoms with Crippen LogP contribution in [0.3, 0.4) is 0 Å². The minimum absolute atomic E-state index is 0. The topological polar surface area (TPSA) is 639 Å². The van der Waals surface area contributed by atoms with Crippen molar-refractivity contribution >= 4 is 71.6 Å². The van der Waals surface area contributed by atoms with Crippen LogP contribution in [-0.4, -0.2) is 173 Å². The molecule has 0 atom stereocenters. The van der Waals surface area contributed by atoms with Crippen LogP contribution in [0.1, 0.15) is 83.1 Å². The van der Waals surface area contributed by atoms with E-state index in [1.54, 1.807) is 0 Å². The van der Waals surface area contributed by atoms with Gasteiger partial charge in [0.15, 0.2) is 0 Å². The molecule has 32 nitrogen and oxygen atoms in total. The predicted octanol–water partition coefficient (Wildman–Crippen LogP) is 5.24. The molecule has 0 aromatic heterocycles. The Morgan fingerprint density at radius 3 is 0.221 bits per heavy atom. The average molecular weight is 1720 g/mol. The molecule has 86 heavy (non-hydrogen) atoms. The number of aliphatic carboxylic acids is 12. The van der Waals surface area contributed by atoms with Gasteiger partial charge >= 0.3 is 237 Å². The predicted molar refractivity (Wildman–Crippen MR) is 292 cm³/mol. The van der Waals surface area contributed by atoms with Crippen molar-refractivity contribution in [1.82, 2.24) is 0 Å². The van der Waals surface area contributed by atoms with E-state index in [2.05, 4.69) is 78.9 Å². The van der Waals surface area contributed by atoms with E-state index in [1.165, 1.54) is 83.1 Å². The van der Waals surface area contributed by atoms with E-state index in [0.29, 0.717) is 148 Å². The molecule has 484 valence electrons. The molecule has 0 spiro atoms. The summed E-state index contributed by atoms with van der Waals surface area (Å²) >= 11 is 1.80. The van der Waals surface area contributed by atoms with Gasteiger partial charge in [-0.05, 0) is 83.1 Å². The Morgan fingerprint density at radius 2 is 0.221 bits per heavy atom. The monoisotopic (exact) mass is 1710 g/mol. The van der Waals surface area contributed by atoms with Gasteiger partial charge in [0.1, 0.15) is 0 Å². The summed E-state index contributed by atoms with van der Waals surface area (Å²) in [5.74, 6) is -9.72. The number of carboxylic acids is 12. The van der Waals surface area contributed by atoms with Crippen LogP contribution in [0.25, 0.3) is 0 Å². The molecule has 0 saturated heterocycles. The van der Waals surface area contributed by atoms with Crippen LogP contribution in [0.4, 0.5) is 0 Å². The van der Waals surface area contributed by atoms with Crippen molar-refractivity contribution in [2.45, 2.75) is 83.1 Å². The van der Waals surface area contributed by atoms with Gasteiger partial charge in [-0.15, -0.1) is 0 Å². The summed E-state index contributed by atoms with van der Waals surface area (Å²) in [6.45, 7) is 56.0. The van der Waals surface area contributed by atoms with E-state index < -0.39 is 71.6 Å². The normalized spacial score (nSPS) is 6.49. The number of aliphatic hydroxyl groups excluding tert-OH is 6. The Bertz CT molecular complexity index is 1510. The molecule has 0 bridgehead atoms. The maximum atomic E-state index is 9.60. The van der Waals surface area contributed by atoms with Crippen molar-refractivity contribution in [2.75, 3.05) is 0 Å². The summed E-state index contributed by atoms with van der Waals surface area (Å²) in [5, 5.41) is 95.4. The van der Waals surface area contributed by atoms with E-state index in [-0.39, 0.29) is 77.8 Å². The molecule has 0 saturated carbocycles. The van der Waals surface area contributed by atoms with Crippen molar-refractivity contribution < 1.29 is 295 Å². The summed E-state index contributed by atoms with van der Waals surface area (Å²) in [4.78, 5) is 106. The Balaban J connectivity index is -0.0000000301. The molecule has 0 amide bonds. The van der Waals surface area contributed by atoms with E-state index in [1.807, 2.05) is 0 Å². The number of hydrogen-bond acceptors (Lipinski definition) is 12. The van der Waals surface area contributed by atoms with Crippen molar-refractivity contribution in [1.29, 1.82) is 0 Å². The van der Waals surface area contributed by atoms with Crippen LogP contribution < -0.4 is 0 Å². The van der Waals surface area contributed by atoms with Gasteiger partial charge in [-0.2, -0.15) is 0 Å². The molecule has 0 unspecified atom stereocenters. The van der Waals surface area contributed by atoms with Gasteiger partial charge in [0.25, 0.3) is 0 Å². The Hall–Kier alpha value is -5.46. The van der Waals surface area contributed by atoms with Crippen molar-refractivity contribution in [3.8, 4) is 0 Å². The Morgan fingerprint density at radius 1 is 0.198 bits per heavy atom. The second-order valence-electron chi connectivity index (χ2n) is 13.1. The number of rotatable bonds is 12. The molecule has 22 N–H and O–H groups in total. The van der Waals surface area contributed by atoms with Crippen molar-refractivity contribution in [3.05, 3.63) is 146 Å². The van der Waals surface area contributed by atoms with E-state index in [0.717, 1.165) is 0 Å². The van der Waals surface area contributed by atoms with Crippen LogP contribution in [0.2, 0.25) is 0 Å². The molecule has 0 fully saturated rings. The van der Waals surface area contributed by atoms with Gasteiger partial charge < -0.3 is 101 Å². The standard InChI is InChI=1S/12C4H6O2.2H2O.6O.6Zr/c12*1-3(2)4(5)6;;;;;;;;;;;;;;/h12*1H2,2H3,(H,5,6);2*1H2;;;;;;;;;;;;/p+6. The summed E-state index contributed by atoms with van der Waals surface area (Å²) in [6.07, 6.45) is 0. The molecule has 0 aliphatic heterocycles. The Labute approximate surface area is 589 Å². The molecule has 38 heteroatoms. The second kappa shape index (κ2) is 111. The maximum absolute atomic E-state index is 9.60. The average Bonchev–Trinajstić information content (AvgIpc) is 3.39. The minimum atomic E-state index is -0.935. The fourth-order valence-electron chi connectivity index (χ4n) is 0. The van der Waals surface area contributed by atoms with Crippen LogP contribution in [0, 0.1) is 0 Å². The molecule has 0 aliphatic rings. The zero-order chi connectivity index (χ0) is 73.9. The molecular weight excluding hydrogens is 1640 g/mol. The molecule has 0 aromatic rings. The zero-order valence-electron chi connectivity index (χ0n) is 49.4. The van der Waals surface area contributed by atoms with Crippen molar-refractivity contribution in [2.24, 2.45) is 0 Å². The van der Waals surface area contributed by atoms with Crippen molar-refractivity contribution in [3.63, 3.8) is 0 Å². The second-order valence-corrected chi connectivity index (χ2v) is 13.1. The molecule has 0 aromatic carbocycles. The van der Waals surface area contributed by atoms with Gasteiger partial charge in [0.2, 0.25) is 0 Å². The van der Waals surface area contributed by atoms with Crippen LogP contribution in [-0.2, 0) is 194 Å². The fourth-order valence-corrected chi connectivity index (χ4v) is 0. The van der Waals surface area contributed by atoms with Crippen LogP contribution >= 0.6 is 0 Å². The third-order valence-corrected chi connectivity index (χ3v) is 4.48. The number of hydrogen-bond donors (Lipinski definition) is 12. The van der Waals surface area contributed by atoms with Crippen LogP contribution in [0.5, 0.6) is 0 Å².